The van der Waals surface area contributed by atoms with E-state index in [2.05, 4.69) is 4.74 Å². The fourth-order valence-electron chi connectivity index (χ4n) is 2.26. The van der Waals surface area contributed by atoms with Gasteiger partial charge in [0, 0.05) is 0 Å². The maximum absolute atomic E-state index is 12.1. The number of ether oxygens (including phenoxy) is 1. The SMILES string of the molecule is Cc1cc(C)cc([C@H](N)c2ccc(OC(F)(F)F)cc2)c1. The van der Waals surface area contributed by atoms with E-state index in [1.807, 2.05) is 32.0 Å². The molecule has 0 aliphatic rings. The first-order chi connectivity index (χ1) is 9.74. The molecule has 0 radical (unpaired) electrons. The second-order valence-electron chi connectivity index (χ2n) is 5.02. The molecule has 2 nitrogen and oxygen atoms in total. The van der Waals surface area contributed by atoms with Gasteiger partial charge in [0.2, 0.25) is 0 Å². The summed E-state index contributed by atoms with van der Waals surface area (Å²) in [6.07, 6.45) is -4.68. The third kappa shape index (κ3) is 4.23. The molecule has 2 N–H and O–H groups in total. The highest BCUT2D eigenvalue weighted by Crippen LogP contribution is 2.26. The molecule has 1 atom stereocenters. The number of benzene rings is 2. The third-order valence-electron chi connectivity index (χ3n) is 3.08. The predicted molar refractivity (Wildman–Crippen MR) is 75.1 cm³/mol. The van der Waals surface area contributed by atoms with Gasteiger partial charge in [-0.05, 0) is 37.1 Å². The van der Waals surface area contributed by atoms with E-state index in [1.165, 1.54) is 12.1 Å². The molecule has 0 spiro atoms. The number of rotatable bonds is 3. The lowest BCUT2D eigenvalue weighted by atomic mass is 9.96. The van der Waals surface area contributed by atoms with Crippen LogP contribution in [-0.4, -0.2) is 6.36 Å². The number of aryl methyl sites for hydroxylation is 2. The van der Waals surface area contributed by atoms with Crippen molar-refractivity contribution < 1.29 is 17.9 Å². The topological polar surface area (TPSA) is 35.2 Å². The molecule has 0 aliphatic carbocycles. The van der Waals surface area contributed by atoms with Crippen LogP contribution < -0.4 is 10.5 Å². The molecule has 0 unspecified atom stereocenters. The Kier molecular flexibility index (Phi) is 4.23. The standard InChI is InChI=1S/C16H16F3NO/c1-10-7-11(2)9-13(8-10)15(20)12-3-5-14(6-4-12)21-16(17,18)19/h3-9,15H,20H2,1-2H3/t15-/m1/s1. The van der Waals surface area contributed by atoms with E-state index in [4.69, 9.17) is 5.73 Å². The van der Waals surface area contributed by atoms with Crippen molar-refractivity contribution >= 4 is 0 Å². The Hall–Kier alpha value is -2.01. The highest BCUT2D eigenvalue weighted by Gasteiger charge is 2.31. The minimum atomic E-state index is -4.68. The molecule has 0 aromatic heterocycles. The zero-order chi connectivity index (χ0) is 15.6. The summed E-state index contributed by atoms with van der Waals surface area (Å²) >= 11 is 0. The van der Waals surface area contributed by atoms with Crippen molar-refractivity contribution in [2.75, 3.05) is 0 Å². The smallest absolute Gasteiger partial charge is 0.406 e. The lowest BCUT2D eigenvalue weighted by Gasteiger charge is -2.15. The Morgan fingerprint density at radius 2 is 1.43 bits per heavy atom. The van der Waals surface area contributed by atoms with E-state index in [1.54, 1.807) is 12.1 Å². The van der Waals surface area contributed by atoms with Gasteiger partial charge in [-0.15, -0.1) is 13.2 Å². The van der Waals surface area contributed by atoms with Crippen molar-refractivity contribution in [1.82, 2.24) is 0 Å². The van der Waals surface area contributed by atoms with Crippen molar-refractivity contribution in [1.29, 1.82) is 0 Å². The van der Waals surface area contributed by atoms with Gasteiger partial charge in [0.05, 0.1) is 6.04 Å². The summed E-state index contributed by atoms with van der Waals surface area (Å²) < 4.78 is 40.2. The van der Waals surface area contributed by atoms with Gasteiger partial charge in [0.1, 0.15) is 5.75 Å². The third-order valence-corrected chi connectivity index (χ3v) is 3.08. The maximum Gasteiger partial charge on any atom is 0.573 e. The lowest BCUT2D eigenvalue weighted by Crippen LogP contribution is -2.17. The number of hydrogen-bond donors (Lipinski definition) is 1. The molecule has 0 saturated heterocycles. The first-order valence-electron chi connectivity index (χ1n) is 6.44. The fourth-order valence-corrected chi connectivity index (χ4v) is 2.26. The van der Waals surface area contributed by atoms with Gasteiger partial charge in [0.25, 0.3) is 0 Å². The zero-order valence-corrected chi connectivity index (χ0v) is 11.7. The van der Waals surface area contributed by atoms with E-state index >= 15 is 0 Å². The second-order valence-corrected chi connectivity index (χ2v) is 5.02. The van der Waals surface area contributed by atoms with Crippen LogP contribution in [0.5, 0.6) is 5.75 Å². The number of hydrogen-bond acceptors (Lipinski definition) is 2. The molecule has 5 heteroatoms. The normalized spacial score (nSPS) is 13.0. The van der Waals surface area contributed by atoms with E-state index in [-0.39, 0.29) is 11.8 Å². The van der Waals surface area contributed by atoms with Crippen molar-refractivity contribution in [2.24, 2.45) is 5.73 Å². The molecular formula is C16H16F3NO. The summed E-state index contributed by atoms with van der Waals surface area (Å²) in [5.41, 5.74) is 10.0. The summed E-state index contributed by atoms with van der Waals surface area (Å²) in [6, 6.07) is 11.2. The van der Waals surface area contributed by atoms with Crippen molar-refractivity contribution in [3.8, 4) is 5.75 Å². The second kappa shape index (κ2) is 5.77. The van der Waals surface area contributed by atoms with E-state index in [9.17, 15) is 13.2 Å². The van der Waals surface area contributed by atoms with Gasteiger partial charge in [-0.2, -0.15) is 0 Å². The van der Waals surface area contributed by atoms with Crippen LogP contribution in [0.4, 0.5) is 13.2 Å². The number of halogens is 3. The van der Waals surface area contributed by atoms with Crippen LogP contribution in [0.15, 0.2) is 42.5 Å². The Bertz CT molecular complexity index is 600. The number of nitrogens with two attached hydrogens (primary N) is 1. The van der Waals surface area contributed by atoms with Gasteiger partial charge in [-0.25, -0.2) is 0 Å². The molecule has 2 aromatic rings. The Morgan fingerprint density at radius 3 is 1.90 bits per heavy atom. The minimum absolute atomic E-state index is 0.251. The Morgan fingerprint density at radius 1 is 0.905 bits per heavy atom. The molecule has 0 fully saturated rings. The van der Waals surface area contributed by atoms with Crippen LogP contribution in [0.25, 0.3) is 0 Å². The molecule has 0 saturated carbocycles. The van der Waals surface area contributed by atoms with Gasteiger partial charge >= 0.3 is 6.36 Å². The molecule has 21 heavy (non-hydrogen) atoms. The van der Waals surface area contributed by atoms with Gasteiger partial charge in [0.15, 0.2) is 0 Å². The predicted octanol–water partition coefficient (Wildman–Crippen LogP) is 4.25. The maximum atomic E-state index is 12.1. The summed E-state index contributed by atoms with van der Waals surface area (Å²) in [5, 5.41) is 0. The molecule has 0 aliphatic heterocycles. The first-order valence-corrected chi connectivity index (χ1v) is 6.44. The van der Waals surface area contributed by atoms with Gasteiger partial charge in [-0.1, -0.05) is 41.5 Å². The minimum Gasteiger partial charge on any atom is -0.406 e. The summed E-state index contributed by atoms with van der Waals surface area (Å²) in [6.45, 7) is 3.95. The van der Waals surface area contributed by atoms with Crippen LogP contribution in [0.2, 0.25) is 0 Å². The monoisotopic (exact) mass is 295 g/mol. The van der Waals surface area contributed by atoms with Crippen LogP contribution in [0.1, 0.15) is 28.3 Å². The van der Waals surface area contributed by atoms with Crippen molar-refractivity contribution in [3.05, 3.63) is 64.7 Å². The van der Waals surface area contributed by atoms with Gasteiger partial charge < -0.3 is 10.5 Å². The average molecular weight is 295 g/mol. The summed E-state index contributed by atoms with van der Waals surface area (Å²) in [7, 11) is 0. The first kappa shape index (κ1) is 15.4. The van der Waals surface area contributed by atoms with Crippen LogP contribution in [0.3, 0.4) is 0 Å². The molecule has 0 bridgehead atoms. The van der Waals surface area contributed by atoms with Crippen molar-refractivity contribution in [3.63, 3.8) is 0 Å². The Balaban J connectivity index is 2.21. The van der Waals surface area contributed by atoms with Crippen LogP contribution >= 0.6 is 0 Å². The van der Waals surface area contributed by atoms with E-state index in [0.717, 1.165) is 22.3 Å². The van der Waals surface area contributed by atoms with Crippen LogP contribution in [-0.2, 0) is 0 Å². The van der Waals surface area contributed by atoms with E-state index < -0.39 is 6.36 Å². The quantitative estimate of drug-likeness (QED) is 0.918. The molecular weight excluding hydrogens is 279 g/mol. The fraction of sp³-hybridized carbons (Fsp3) is 0.250. The highest BCUT2D eigenvalue weighted by molar-refractivity contribution is 5.38. The number of alkyl halides is 3. The van der Waals surface area contributed by atoms with Crippen molar-refractivity contribution in [2.45, 2.75) is 26.3 Å². The molecule has 2 rings (SSSR count). The zero-order valence-electron chi connectivity index (χ0n) is 11.7. The highest BCUT2D eigenvalue weighted by atomic mass is 19.4. The van der Waals surface area contributed by atoms with Gasteiger partial charge in [-0.3, -0.25) is 0 Å². The molecule has 112 valence electrons. The largest absolute Gasteiger partial charge is 0.573 e. The molecule has 2 aromatic carbocycles. The molecule has 0 heterocycles. The Labute approximate surface area is 121 Å². The van der Waals surface area contributed by atoms with E-state index in [0.29, 0.717) is 0 Å². The summed E-state index contributed by atoms with van der Waals surface area (Å²) in [4.78, 5) is 0. The summed E-state index contributed by atoms with van der Waals surface area (Å²) in [5.74, 6) is -0.251. The van der Waals surface area contributed by atoms with Crippen LogP contribution in [0, 0.1) is 13.8 Å². The molecule has 0 amide bonds. The average Bonchev–Trinajstić information content (AvgIpc) is 2.35. The lowest BCUT2D eigenvalue weighted by molar-refractivity contribution is -0.274.